The third-order valence-corrected chi connectivity index (χ3v) is 3.82. The zero-order valence-electron chi connectivity index (χ0n) is 9.75. The molecule has 0 saturated carbocycles. The molecule has 1 atom stereocenters. The minimum absolute atomic E-state index is 0.0241. The van der Waals surface area contributed by atoms with Crippen molar-refractivity contribution in [2.75, 3.05) is 6.54 Å². The largest absolute Gasteiger partial charge is 0.336 e. The van der Waals surface area contributed by atoms with Gasteiger partial charge in [-0.1, -0.05) is 30.1 Å². The first-order chi connectivity index (χ1) is 8.13. The Balaban J connectivity index is 2.24. The number of carbonyl (C=O) groups is 1. The van der Waals surface area contributed by atoms with Crippen molar-refractivity contribution < 1.29 is 4.79 Å². The number of benzene rings is 1. The first kappa shape index (κ1) is 12.7. The van der Waals surface area contributed by atoms with Crippen molar-refractivity contribution in [3.63, 3.8) is 0 Å². The van der Waals surface area contributed by atoms with E-state index in [0.29, 0.717) is 21.7 Å². The van der Waals surface area contributed by atoms with Gasteiger partial charge in [-0.05, 0) is 37.5 Å². The predicted octanol–water partition coefficient (Wildman–Crippen LogP) is 4.01. The first-order valence-corrected chi connectivity index (χ1v) is 6.65. The van der Waals surface area contributed by atoms with E-state index in [2.05, 4.69) is 6.92 Å². The number of rotatable bonds is 2. The molecule has 1 saturated heterocycles. The molecule has 0 N–H and O–H groups in total. The lowest BCUT2D eigenvalue weighted by molar-refractivity contribution is 0.0734. The van der Waals surface area contributed by atoms with Crippen molar-refractivity contribution in [3.05, 3.63) is 33.8 Å². The van der Waals surface area contributed by atoms with Gasteiger partial charge in [-0.3, -0.25) is 4.79 Å². The predicted molar refractivity (Wildman–Crippen MR) is 70.8 cm³/mol. The molecule has 1 aliphatic rings. The number of halogens is 2. The molecule has 92 valence electrons. The smallest absolute Gasteiger partial charge is 0.255 e. The SMILES string of the molecule is CCC1CCCN1C(=O)c1ccc(Cl)cc1Cl. The van der Waals surface area contributed by atoms with Gasteiger partial charge in [-0.2, -0.15) is 0 Å². The van der Waals surface area contributed by atoms with E-state index in [-0.39, 0.29) is 5.91 Å². The number of nitrogens with zero attached hydrogens (tertiary/aromatic N) is 1. The normalized spacial score (nSPS) is 19.7. The topological polar surface area (TPSA) is 20.3 Å². The van der Waals surface area contributed by atoms with Gasteiger partial charge in [0.15, 0.2) is 0 Å². The van der Waals surface area contributed by atoms with E-state index in [9.17, 15) is 4.79 Å². The number of hydrogen-bond acceptors (Lipinski definition) is 1. The van der Waals surface area contributed by atoms with Crippen molar-refractivity contribution in [2.24, 2.45) is 0 Å². The molecule has 1 aromatic carbocycles. The second kappa shape index (κ2) is 5.28. The second-order valence-corrected chi connectivity index (χ2v) is 5.17. The number of carbonyl (C=O) groups excluding carboxylic acids is 1. The van der Waals surface area contributed by atoms with Crippen LogP contribution >= 0.6 is 23.2 Å². The van der Waals surface area contributed by atoms with Gasteiger partial charge in [-0.15, -0.1) is 0 Å². The summed E-state index contributed by atoms with van der Waals surface area (Å²) in [6.07, 6.45) is 3.17. The van der Waals surface area contributed by atoms with Crippen LogP contribution in [0.25, 0.3) is 0 Å². The van der Waals surface area contributed by atoms with Crippen LogP contribution in [-0.4, -0.2) is 23.4 Å². The van der Waals surface area contributed by atoms with E-state index >= 15 is 0 Å². The van der Waals surface area contributed by atoms with Crippen molar-refractivity contribution in [1.82, 2.24) is 4.90 Å². The Labute approximate surface area is 112 Å². The molecule has 1 unspecified atom stereocenters. The summed E-state index contributed by atoms with van der Waals surface area (Å²) in [5.41, 5.74) is 0.552. The molecule has 4 heteroatoms. The van der Waals surface area contributed by atoms with Crippen LogP contribution in [0.2, 0.25) is 10.0 Å². The lowest BCUT2D eigenvalue weighted by atomic mass is 10.1. The van der Waals surface area contributed by atoms with Crippen LogP contribution in [0, 0.1) is 0 Å². The molecule has 0 aliphatic carbocycles. The molecule has 1 aromatic rings. The van der Waals surface area contributed by atoms with Gasteiger partial charge >= 0.3 is 0 Å². The molecule has 2 nitrogen and oxygen atoms in total. The summed E-state index contributed by atoms with van der Waals surface area (Å²) in [5.74, 6) is 0.0241. The third kappa shape index (κ3) is 2.58. The maximum Gasteiger partial charge on any atom is 0.255 e. The van der Waals surface area contributed by atoms with E-state index < -0.39 is 0 Å². The van der Waals surface area contributed by atoms with Gasteiger partial charge < -0.3 is 4.90 Å². The van der Waals surface area contributed by atoms with E-state index in [4.69, 9.17) is 23.2 Å². The molecule has 0 spiro atoms. The fourth-order valence-electron chi connectivity index (χ4n) is 2.35. The van der Waals surface area contributed by atoms with Crippen LogP contribution in [0.1, 0.15) is 36.5 Å². The Morgan fingerprint density at radius 2 is 2.24 bits per heavy atom. The van der Waals surface area contributed by atoms with Crippen molar-refractivity contribution in [3.8, 4) is 0 Å². The molecule has 0 bridgehead atoms. The van der Waals surface area contributed by atoms with E-state index in [0.717, 1.165) is 25.8 Å². The fraction of sp³-hybridized carbons (Fsp3) is 0.462. The summed E-state index contributed by atoms with van der Waals surface area (Å²) in [7, 11) is 0. The maximum absolute atomic E-state index is 12.3. The fourth-order valence-corrected chi connectivity index (χ4v) is 2.83. The van der Waals surface area contributed by atoms with Crippen LogP contribution in [0.4, 0.5) is 0 Å². The molecule has 1 aliphatic heterocycles. The molecule has 1 fully saturated rings. The summed E-state index contributed by atoms with van der Waals surface area (Å²) in [6, 6.07) is 5.39. The number of likely N-dealkylation sites (tertiary alicyclic amines) is 1. The van der Waals surface area contributed by atoms with Gasteiger partial charge in [0.05, 0.1) is 10.6 Å². The summed E-state index contributed by atoms with van der Waals surface area (Å²) in [5, 5.41) is 0.990. The summed E-state index contributed by atoms with van der Waals surface area (Å²) in [4.78, 5) is 14.3. The van der Waals surface area contributed by atoms with E-state index in [1.54, 1.807) is 18.2 Å². The second-order valence-electron chi connectivity index (χ2n) is 4.33. The number of hydrogen-bond donors (Lipinski definition) is 0. The molecule has 0 aromatic heterocycles. The highest BCUT2D eigenvalue weighted by atomic mass is 35.5. The van der Waals surface area contributed by atoms with Gasteiger partial charge in [-0.25, -0.2) is 0 Å². The molecule has 2 rings (SSSR count). The average Bonchev–Trinajstić information content (AvgIpc) is 2.76. The Morgan fingerprint density at radius 3 is 2.88 bits per heavy atom. The lowest BCUT2D eigenvalue weighted by Gasteiger charge is -2.24. The van der Waals surface area contributed by atoms with E-state index in [1.165, 1.54) is 0 Å². The summed E-state index contributed by atoms with van der Waals surface area (Å²) >= 11 is 11.9. The molecule has 1 amide bonds. The third-order valence-electron chi connectivity index (χ3n) is 3.27. The molecule has 1 heterocycles. The lowest BCUT2D eigenvalue weighted by Crippen LogP contribution is -2.35. The highest BCUT2D eigenvalue weighted by molar-refractivity contribution is 6.36. The van der Waals surface area contributed by atoms with E-state index in [1.807, 2.05) is 4.90 Å². The Bertz CT molecular complexity index is 433. The zero-order chi connectivity index (χ0) is 12.4. The van der Waals surface area contributed by atoms with Gasteiger partial charge in [0.1, 0.15) is 0 Å². The zero-order valence-corrected chi connectivity index (χ0v) is 11.3. The quantitative estimate of drug-likeness (QED) is 0.796. The van der Waals surface area contributed by atoms with Gasteiger partial charge in [0.25, 0.3) is 5.91 Å². The van der Waals surface area contributed by atoms with Crippen molar-refractivity contribution in [2.45, 2.75) is 32.2 Å². The molecular formula is C13H15Cl2NO. The van der Waals surface area contributed by atoms with Crippen LogP contribution in [0.15, 0.2) is 18.2 Å². The summed E-state index contributed by atoms with van der Waals surface area (Å²) < 4.78 is 0. The molecule has 0 radical (unpaired) electrons. The maximum atomic E-state index is 12.3. The minimum Gasteiger partial charge on any atom is -0.336 e. The Hall–Kier alpha value is -0.730. The minimum atomic E-state index is 0.0241. The summed E-state index contributed by atoms with van der Waals surface area (Å²) in [6.45, 7) is 2.94. The van der Waals surface area contributed by atoms with Gasteiger partial charge in [0.2, 0.25) is 0 Å². The monoisotopic (exact) mass is 271 g/mol. The highest BCUT2D eigenvalue weighted by Crippen LogP contribution is 2.27. The van der Waals surface area contributed by atoms with Gasteiger partial charge in [0, 0.05) is 17.6 Å². The van der Waals surface area contributed by atoms with Crippen molar-refractivity contribution in [1.29, 1.82) is 0 Å². The highest BCUT2D eigenvalue weighted by Gasteiger charge is 2.28. The standard InChI is InChI=1S/C13H15Cl2NO/c1-2-10-4-3-7-16(10)13(17)11-6-5-9(14)8-12(11)15/h5-6,8,10H,2-4,7H2,1H3. The van der Waals surface area contributed by atoms with Crippen LogP contribution in [0.3, 0.4) is 0 Å². The van der Waals surface area contributed by atoms with Crippen LogP contribution in [-0.2, 0) is 0 Å². The first-order valence-electron chi connectivity index (χ1n) is 5.89. The molecular weight excluding hydrogens is 257 g/mol. The van der Waals surface area contributed by atoms with Crippen LogP contribution in [0.5, 0.6) is 0 Å². The van der Waals surface area contributed by atoms with Crippen molar-refractivity contribution >= 4 is 29.1 Å². The Kier molecular flexibility index (Phi) is 3.95. The van der Waals surface area contributed by atoms with Crippen LogP contribution < -0.4 is 0 Å². The Morgan fingerprint density at radius 1 is 1.47 bits per heavy atom. The molecule has 17 heavy (non-hydrogen) atoms. The average molecular weight is 272 g/mol. The number of amides is 1.